The van der Waals surface area contributed by atoms with Crippen LogP contribution in [-0.4, -0.2) is 38.6 Å². The maximum Gasteiger partial charge on any atom is 0.407 e. The van der Waals surface area contributed by atoms with Gasteiger partial charge in [-0.3, -0.25) is 9.36 Å². The van der Waals surface area contributed by atoms with Crippen LogP contribution >= 0.6 is 7.52 Å². The number of nitrogens with one attached hydrogen (secondary N) is 2. The molecule has 0 saturated heterocycles. The summed E-state index contributed by atoms with van der Waals surface area (Å²) in [5, 5.41) is 5.10. The molecular formula is C20H25N2O6P. The second-order valence-electron chi connectivity index (χ2n) is 6.15. The fourth-order valence-corrected chi connectivity index (χ4v) is 3.85. The molecule has 0 aromatic heterocycles. The average Bonchev–Trinajstić information content (AvgIpc) is 2.76. The van der Waals surface area contributed by atoms with E-state index in [1.807, 2.05) is 60.7 Å². The number of rotatable bonds is 10. The number of hydrogen-bond donors (Lipinski definition) is 2. The second-order valence-corrected chi connectivity index (χ2v) is 8.43. The molecule has 2 aromatic rings. The summed E-state index contributed by atoms with van der Waals surface area (Å²) in [6, 6.07) is 17.5. The van der Waals surface area contributed by atoms with Gasteiger partial charge in [0.2, 0.25) is 0 Å². The number of ether oxygens (including phenoxy) is 2. The smallest absolute Gasteiger partial charge is 0.407 e. The van der Waals surface area contributed by atoms with Crippen molar-refractivity contribution in [2.75, 3.05) is 20.5 Å². The van der Waals surface area contributed by atoms with E-state index in [0.29, 0.717) is 0 Å². The van der Waals surface area contributed by atoms with Gasteiger partial charge in [0.1, 0.15) is 18.9 Å². The van der Waals surface area contributed by atoms with Crippen LogP contribution in [-0.2, 0) is 36.4 Å². The molecule has 2 atom stereocenters. The first-order valence-electron chi connectivity index (χ1n) is 8.94. The van der Waals surface area contributed by atoms with Gasteiger partial charge in [0, 0.05) is 7.11 Å². The van der Waals surface area contributed by atoms with Crippen molar-refractivity contribution in [3.05, 3.63) is 71.8 Å². The van der Waals surface area contributed by atoms with E-state index in [1.54, 1.807) is 0 Å². The third-order valence-corrected chi connectivity index (χ3v) is 5.93. The summed E-state index contributed by atoms with van der Waals surface area (Å²) in [5.74, 6) is -0.585. The Morgan fingerprint density at radius 3 is 2.10 bits per heavy atom. The zero-order chi connectivity index (χ0) is 21.1. The van der Waals surface area contributed by atoms with E-state index < -0.39 is 25.6 Å². The van der Waals surface area contributed by atoms with Crippen molar-refractivity contribution in [2.45, 2.75) is 19.1 Å². The minimum absolute atomic E-state index is 0.0795. The lowest BCUT2D eigenvalue weighted by molar-refractivity contribution is -0.142. The van der Waals surface area contributed by atoms with Gasteiger partial charge >= 0.3 is 12.1 Å². The summed E-state index contributed by atoms with van der Waals surface area (Å²) in [6.45, 7) is 0.0795. The normalized spacial score (nSPS) is 13.7. The zero-order valence-corrected chi connectivity index (χ0v) is 17.3. The number of alkyl carbamates (subject to hydrolysis) is 1. The highest BCUT2D eigenvalue weighted by molar-refractivity contribution is 7.56. The maximum atomic E-state index is 13.0. The van der Waals surface area contributed by atoms with Gasteiger partial charge in [0.25, 0.3) is 7.52 Å². The van der Waals surface area contributed by atoms with Crippen molar-refractivity contribution in [1.82, 2.24) is 10.4 Å². The first-order valence-corrected chi connectivity index (χ1v) is 10.8. The Labute approximate surface area is 170 Å². The molecule has 0 fully saturated rings. The van der Waals surface area contributed by atoms with Crippen molar-refractivity contribution in [3.8, 4) is 0 Å². The highest BCUT2D eigenvalue weighted by Gasteiger charge is 2.31. The van der Waals surface area contributed by atoms with Crippen LogP contribution in [0.3, 0.4) is 0 Å². The number of methoxy groups -OCH3 is 1. The molecular weight excluding hydrogens is 395 g/mol. The summed E-state index contributed by atoms with van der Waals surface area (Å²) >= 11 is 0. The summed E-state index contributed by atoms with van der Waals surface area (Å²) < 4.78 is 27.9. The molecule has 2 N–H and O–H groups in total. The minimum atomic E-state index is -3.57. The predicted molar refractivity (Wildman–Crippen MR) is 108 cm³/mol. The summed E-state index contributed by atoms with van der Waals surface area (Å²) in [6.07, 6.45) is -0.843. The van der Waals surface area contributed by atoms with Gasteiger partial charge in [0.05, 0.1) is 7.11 Å². The number of carbonyl (C=O) groups is 2. The molecule has 2 rings (SSSR count). The Morgan fingerprint density at radius 2 is 1.55 bits per heavy atom. The van der Waals surface area contributed by atoms with Gasteiger partial charge in [0.15, 0.2) is 0 Å². The molecule has 1 unspecified atom stereocenters. The van der Waals surface area contributed by atoms with Gasteiger partial charge in [-0.2, -0.15) is 0 Å². The highest BCUT2D eigenvalue weighted by atomic mass is 31.2. The summed E-state index contributed by atoms with van der Waals surface area (Å²) in [7, 11) is -1.09. The highest BCUT2D eigenvalue weighted by Crippen LogP contribution is 2.40. The quantitative estimate of drug-likeness (QED) is 0.450. The van der Waals surface area contributed by atoms with Crippen molar-refractivity contribution in [3.63, 3.8) is 0 Å². The molecule has 0 radical (unpaired) electrons. The molecule has 2 aromatic carbocycles. The molecule has 8 nitrogen and oxygen atoms in total. The first kappa shape index (κ1) is 22.6. The zero-order valence-electron chi connectivity index (χ0n) is 16.4. The maximum absolute atomic E-state index is 13.0. The van der Waals surface area contributed by atoms with E-state index >= 15 is 0 Å². The van der Waals surface area contributed by atoms with Gasteiger partial charge in [-0.25, -0.2) is 9.88 Å². The number of amides is 1. The molecule has 9 heteroatoms. The lowest BCUT2D eigenvalue weighted by Crippen LogP contribution is -2.40. The standard InChI is InChI=1S/C20H25N2O6P/c1-26-19(23)18(13-16-9-5-3-6-10-16)22-29(25,27-2)15-21-20(24)28-14-17-11-7-4-8-12-17/h3-12,18H,13-15H2,1-2H3,(H,21,24)(H,22,25)/t18-,29?/m0/s1. The molecule has 156 valence electrons. The fraction of sp³-hybridized carbons (Fsp3) is 0.300. The van der Waals surface area contributed by atoms with Crippen LogP contribution in [0.1, 0.15) is 11.1 Å². The van der Waals surface area contributed by atoms with Crippen LogP contribution in [0.25, 0.3) is 0 Å². The van der Waals surface area contributed by atoms with Gasteiger partial charge in [-0.15, -0.1) is 0 Å². The second kappa shape index (κ2) is 11.4. The van der Waals surface area contributed by atoms with Crippen molar-refractivity contribution >= 4 is 19.6 Å². The van der Waals surface area contributed by atoms with E-state index in [2.05, 4.69) is 10.4 Å². The Morgan fingerprint density at radius 1 is 0.966 bits per heavy atom. The lowest BCUT2D eigenvalue weighted by Gasteiger charge is -2.23. The van der Waals surface area contributed by atoms with Crippen molar-refractivity contribution in [2.24, 2.45) is 0 Å². The first-order chi connectivity index (χ1) is 14.0. The van der Waals surface area contributed by atoms with Crippen molar-refractivity contribution in [1.29, 1.82) is 0 Å². The Hall–Kier alpha value is -2.67. The molecule has 1 amide bonds. The molecule has 0 aliphatic carbocycles. The molecule has 0 aliphatic heterocycles. The molecule has 0 spiro atoms. The molecule has 29 heavy (non-hydrogen) atoms. The minimum Gasteiger partial charge on any atom is -0.468 e. The predicted octanol–water partition coefficient (Wildman–Crippen LogP) is 3.08. The van der Waals surface area contributed by atoms with E-state index in [-0.39, 0.29) is 19.3 Å². The van der Waals surface area contributed by atoms with E-state index in [1.165, 1.54) is 14.2 Å². The van der Waals surface area contributed by atoms with Gasteiger partial charge in [-0.05, 0) is 17.5 Å². The van der Waals surface area contributed by atoms with Crippen LogP contribution in [0.2, 0.25) is 0 Å². The Kier molecular flexibility index (Phi) is 8.86. The summed E-state index contributed by atoms with van der Waals surface area (Å²) in [5.41, 5.74) is 1.68. The fourth-order valence-electron chi connectivity index (χ4n) is 2.52. The van der Waals surface area contributed by atoms with Crippen LogP contribution in [0.15, 0.2) is 60.7 Å². The van der Waals surface area contributed by atoms with E-state index in [9.17, 15) is 14.2 Å². The van der Waals surface area contributed by atoms with Gasteiger partial charge < -0.3 is 19.3 Å². The molecule has 0 aliphatic rings. The molecule has 0 saturated carbocycles. The molecule has 0 heterocycles. The Bertz CT molecular complexity index is 831. The van der Waals surface area contributed by atoms with Crippen LogP contribution in [0, 0.1) is 0 Å². The third kappa shape index (κ3) is 7.69. The van der Waals surface area contributed by atoms with E-state index in [4.69, 9.17) is 14.0 Å². The monoisotopic (exact) mass is 420 g/mol. The lowest BCUT2D eigenvalue weighted by atomic mass is 10.1. The topological polar surface area (TPSA) is 103 Å². The third-order valence-electron chi connectivity index (χ3n) is 4.06. The van der Waals surface area contributed by atoms with E-state index in [0.717, 1.165) is 11.1 Å². The largest absolute Gasteiger partial charge is 0.468 e. The molecule has 0 bridgehead atoms. The van der Waals surface area contributed by atoms with Crippen LogP contribution < -0.4 is 10.4 Å². The van der Waals surface area contributed by atoms with Crippen molar-refractivity contribution < 1.29 is 28.2 Å². The number of esters is 1. The number of benzene rings is 2. The SMILES string of the molecule is COC(=O)[C@H](Cc1ccccc1)NP(=O)(CNC(=O)OCc1ccccc1)OC. The van der Waals surface area contributed by atoms with Crippen LogP contribution in [0.5, 0.6) is 0 Å². The average molecular weight is 420 g/mol. The number of hydrogen-bond acceptors (Lipinski definition) is 6. The van der Waals surface area contributed by atoms with Gasteiger partial charge in [-0.1, -0.05) is 60.7 Å². The van der Waals surface area contributed by atoms with Crippen LogP contribution in [0.4, 0.5) is 4.79 Å². The number of carbonyl (C=O) groups excluding carboxylic acids is 2. The Balaban J connectivity index is 1.93. The summed E-state index contributed by atoms with van der Waals surface area (Å²) in [4.78, 5) is 24.1.